The van der Waals surface area contributed by atoms with E-state index in [9.17, 15) is 9.59 Å². The summed E-state index contributed by atoms with van der Waals surface area (Å²) in [7, 11) is 0. The summed E-state index contributed by atoms with van der Waals surface area (Å²) in [4.78, 5) is 37.9. The van der Waals surface area contributed by atoms with Crippen LogP contribution in [0.4, 0.5) is 0 Å². The summed E-state index contributed by atoms with van der Waals surface area (Å²) in [5.74, 6) is 0.144. The molecule has 1 saturated heterocycles. The zero-order valence-electron chi connectivity index (χ0n) is 15.3. The van der Waals surface area contributed by atoms with E-state index in [0.717, 1.165) is 24.9 Å². The highest BCUT2D eigenvalue weighted by atomic mass is 16.2. The molecule has 1 unspecified atom stereocenters. The highest BCUT2D eigenvalue weighted by Gasteiger charge is 2.24. The molecule has 1 atom stereocenters. The number of hydrogen-bond acceptors (Lipinski definition) is 7. The molecular formula is C17H21N9O2. The predicted molar refractivity (Wildman–Crippen MR) is 98.0 cm³/mol. The summed E-state index contributed by atoms with van der Waals surface area (Å²) in [6, 6.07) is 1.74. The van der Waals surface area contributed by atoms with Gasteiger partial charge in [-0.3, -0.25) is 9.59 Å². The Morgan fingerprint density at radius 3 is 3.11 bits per heavy atom. The Bertz CT molecular complexity index is 953. The van der Waals surface area contributed by atoms with E-state index in [1.807, 2.05) is 4.90 Å². The number of fused-ring (bicyclic) bond motifs is 1. The number of aryl methyl sites for hydroxylation is 1. The minimum Gasteiger partial charge on any atom is -0.352 e. The second-order valence-corrected chi connectivity index (χ2v) is 6.88. The van der Waals surface area contributed by atoms with Crippen LogP contribution in [0.5, 0.6) is 0 Å². The van der Waals surface area contributed by atoms with E-state index >= 15 is 0 Å². The van der Waals surface area contributed by atoms with Crippen LogP contribution in [0.1, 0.15) is 29.6 Å². The number of likely N-dealkylation sites (tertiary alicyclic amines) is 1. The first-order valence-electron chi connectivity index (χ1n) is 9.25. The fraction of sp³-hybridized carbons (Fsp3) is 0.471. The summed E-state index contributed by atoms with van der Waals surface area (Å²) in [5, 5.41) is 13.8. The van der Waals surface area contributed by atoms with Gasteiger partial charge < -0.3 is 15.2 Å². The van der Waals surface area contributed by atoms with Crippen molar-refractivity contribution in [2.24, 2.45) is 5.92 Å². The molecule has 0 saturated carbocycles. The van der Waals surface area contributed by atoms with E-state index in [-0.39, 0.29) is 17.7 Å². The van der Waals surface area contributed by atoms with Crippen molar-refractivity contribution in [1.29, 1.82) is 0 Å². The SMILES string of the molecule is O=C(NCC1CCCN(C(=O)CCn2cnnn2)C1)c1cnc2nc[nH]c2c1. The number of amides is 2. The number of imidazole rings is 1. The number of carbonyl (C=O) groups is 2. The van der Waals surface area contributed by atoms with Crippen molar-refractivity contribution >= 4 is 23.0 Å². The second kappa shape index (κ2) is 8.11. The average molecular weight is 383 g/mol. The largest absolute Gasteiger partial charge is 0.352 e. The van der Waals surface area contributed by atoms with Gasteiger partial charge in [-0.15, -0.1) is 5.10 Å². The third-order valence-electron chi connectivity index (χ3n) is 4.90. The quantitative estimate of drug-likeness (QED) is 0.612. The molecule has 28 heavy (non-hydrogen) atoms. The molecular weight excluding hydrogens is 362 g/mol. The molecule has 146 valence electrons. The smallest absolute Gasteiger partial charge is 0.252 e. The van der Waals surface area contributed by atoms with Crippen LogP contribution in [0.25, 0.3) is 11.2 Å². The highest BCUT2D eigenvalue weighted by Crippen LogP contribution is 2.17. The molecule has 2 amide bonds. The van der Waals surface area contributed by atoms with Gasteiger partial charge in [0.05, 0.1) is 24.0 Å². The Morgan fingerprint density at radius 2 is 2.25 bits per heavy atom. The topological polar surface area (TPSA) is 135 Å². The third kappa shape index (κ3) is 4.13. The molecule has 1 fully saturated rings. The van der Waals surface area contributed by atoms with Gasteiger partial charge >= 0.3 is 0 Å². The Labute approximate surface area is 160 Å². The van der Waals surface area contributed by atoms with Crippen molar-refractivity contribution in [3.8, 4) is 0 Å². The summed E-state index contributed by atoms with van der Waals surface area (Å²) in [6.45, 7) is 2.38. The van der Waals surface area contributed by atoms with Crippen LogP contribution in [0, 0.1) is 5.92 Å². The van der Waals surface area contributed by atoms with Crippen LogP contribution in [0.3, 0.4) is 0 Å². The van der Waals surface area contributed by atoms with Gasteiger partial charge in [0.25, 0.3) is 5.91 Å². The fourth-order valence-electron chi connectivity index (χ4n) is 3.40. The number of tetrazole rings is 1. The van der Waals surface area contributed by atoms with Gasteiger partial charge in [0.2, 0.25) is 5.91 Å². The van der Waals surface area contributed by atoms with Crippen LogP contribution < -0.4 is 5.32 Å². The molecule has 11 nitrogen and oxygen atoms in total. The van der Waals surface area contributed by atoms with E-state index in [1.165, 1.54) is 12.5 Å². The van der Waals surface area contributed by atoms with Crippen LogP contribution in [-0.4, -0.2) is 71.5 Å². The molecule has 3 aromatic rings. The zero-order valence-corrected chi connectivity index (χ0v) is 15.3. The Kier molecular flexibility index (Phi) is 5.22. The number of hydrogen-bond donors (Lipinski definition) is 2. The van der Waals surface area contributed by atoms with Crippen LogP contribution in [0.2, 0.25) is 0 Å². The van der Waals surface area contributed by atoms with E-state index < -0.39 is 0 Å². The number of rotatable bonds is 6. The van der Waals surface area contributed by atoms with Crippen molar-refractivity contribution in [3.63, 3.8) is 0 Å². The van der Waals surface area contributed by atoms with Crippen molar-refractivity contribution in [3.05, 3.63) is 30.5 Å². The minimum absolute atomic E-state index is 0.0837. The number of aromatic amines is 1. The monoisotopic (exact) mass is 383 g/mol. The molecule has 0 aromatic carbocycles. The third-order valence-corrected chi connectivity index (χ3v) is 4.90. The van der Waals surface area contributed by atoms with Crippen LogP contribution in [0.15, 0.2) is 24.9 Å². The van der Waals surface area contributed by atoms with Gasteiger partial charge in [-0.1, -0.05) is 0 Å². The van der Waals surface area contributed by atoms with Gasteiger partial charge in [-0.2, -0.15) is 0 Å². The number of carbonyl (C=O) groups excluding carboxylic acids is 2. The number of pyridine rings is 1. The number of aromatic nitrogens is 7. The lowest BCUT2D eigenvalue weighted by molar-refractivity contribution is -0.133. The molecule has 0 radical (unpaired) electrons. The van der Waals surface area contributed by atoms with Gasteiger partial charge in [0.15, 0.2) is 5.65 Å². The number of H-pyrrole nitrogens is 1. The molecule has 0 bridgehead atoms. The summed E-state index contributed by atoms with van der Waals surface area (Å²) < 4.78 is 1.55. The van der Waals surface area contributed by atoms with E-state index in [0.29, 0.717) is 37.3 Å². The first-order valence-corrected chi connectivity index (χ1v) is 9.25. The van der Waals surface area contributed by atoms with E-state index in [4.69, 9.17) is 0 Å². The minimum atomic E-state index is -0.175. The van der Waals surface area contributed by atoms with Crippen molar-refractivity contribution in [2.75, 3.05) is 19.6 Å². The summed E-state index contributed by atoms with van der Waals surface area (Å²) in [6.07, 6.45) is 6.84. The standard InChI is InChI=1S/C17H21N9O2/c27-15(3-5-26-11-22-23-24-26)25-4-1-2-12(9-25)7-19-17(28)13-6-14-16(18-8-13)21-10-20-14/h6,8,10-12H,1-5,7,9H2,(H,19,28)(H,18,20,21). The van der Waals surface area contributed by atoms with Gasteiger partial charge in [-0.25, -0.2) is 14.6 Å². The maximum atomic E-state index is 12.4. The predicted octanol–water partition coefficient (Wildman–Crippen LogP) is 0.00310. The Morgan fingerprint density at radius 1 is 1.32 bits per heavy atom. The first kappa shape index (κ1) is 18.0. The zero-order chi connectivity index (χ0) is 19.3. The molecule has 3 aromatic heterocycles. The molecule has 4 heterocycles. The fourth-order valence-corrected chi connectivity index (χ4v) is 3.40. The lowest BCUT2D eigenvalue weighted by Crippen LogP contribution is -2.44. The second-order valence-electron chi connectivity index (χ2n) is 6.88. The average Bonchev–Trinajstić information content (AvgIpc) is 3.41. The molecule has 1 aliphatic heterocycles. The van der Waals surface area contributed by atoms with Gasteiger partial charge in [-0.05, 0) is 35.3 Å². The molecule has 1 aliphatic rings. The van der Waals surface area contributed by atoms with Crippen LogP contribution >= 0.6 is 0 Å². The lowest BCUT2D eigenvalue weighted by Gasteiger charge is -2.33. The van der Waals surface area contributed by atoms with E-state index in [1.54, 1.807) is 17.1 Å². The van der Waals surface area contributed by atoms with Crippen molar-refractivity contribution in [2.45, 2.75) is 25.8 Å². The number of nitrogens with one attached hydrogen (secondary N) is 2. The molecule has 0 spiro atoms. The molecule has 4 rings (SSSR count). The maximum Gasteiger partial charge on any atom is 0.252 e. The van der Waals surface area contributed by atoms with Gasteiger partial charge in [0, 0.05) is 32.3 Å². The number of nitrogens with zero attached hydrogens (tertiary/aromatic N) is 7. The Hall–Kier alpha value is -3.37. The van der Waals surface area contributed by atoms with Crippen LogP contribution in [-0.2, 0) is 11.3 Å². The maximum absolute atomic E-state index is 12.4. The highest BCUT2D eigenvalue weighted by molar-refractivity contribution is 5.96. The first-order chi connectivity index (χ1) is 13.7. The van der Waals surface area contributed by atoms with Crippen molar-refractivity contribution in [1.82, 2.24) is 45.4 Å². The summed E-state index contributed by atoms with van der Waals surface area (Å²) in [5.41, 5.74) is 1.80. The molecule has 2 N–H and O–H groups in total. The van der Waals surface area contributed by atoms with Gasteiger partial charge in [0.1, 0.15) is 6.33 Å². The normalized spacial score (nSPS) is 17.0. The molecule has 0 aliphatic carbocycles. The van der Waals surface area contributed by atoms with Crippen molar-refractivity contribution < 1.29 is 9.59 Å². The molecule has 11 heteroatoms. The van der Waals surface area contributed by atoms with E-state index in [2.05, 4.69) is 35.8 Å². The lowest BCUT2D eigenvalue weighted by atomic mass is 9.97. The number of piperidine rings is 1. The Balaban J connectivity index is 1.27. The summed E-state index contributed by atoms with van der Waals surface area (Å²) >= 11 is 0.